The highest BCUT2D eigenvalue weighted by molar-refractivity contribution is 7.89. The Labute approximate surface area is 134 Å². The lowest BCUT2D eigenvalue weighted by atomic mass is 10.3. The predicted molar refractivity (Wildman–Crippen MR) is 76.5 cm³/mol. The van der Waals surface area contributed by atoms with E-state index < -0.39 is 50.6 Å². The van der Waals surface area contributed by atoms with Crippen LogP contribution in [-0.4, -0.2) is 20.9 Å². The van der Waals surface area contributed by atoms with E-state index in [0.29, 0.717) is 12.1 Å². The molecule has 0 aliphatic rings. The maximum atomic E-state index is 13.5. The van der Waals surface area contributed by atoms with Crippen LogP contribution in [0.1, 0.15) is 0 Å². The number of hydrogen-bond donors (Lipinski definition) is 2. The first-order chi connectivity index (χ1) is 11.2. The summed E-state index contributed by atoms with van der Waals surface area (Å²) in [6.45, 7) is -0.794. The molecule has 128 valence electrons. The number of nitrogens with one attached hydrogen (secondary N) is 2. The Morgan fingerprint density at radius 2 is 1.54 bits per heavy atom. The molecule has 5 nitrogen and oxygen atoms in total. The van der Waals surface area contributed by atoms with Crippen molar-refractivity contribution in [2.75, 3.05) is 11.9 Å². The quantitative estimate of drug-likeness (QED) is 0.632. The van der Waals surface area contributed by atoms with Gasteiger partial charge in [-0.2, -0.15) is 0 Å². The molecule has 0 heterocycles. The van der Waals surface area contributed by atoms with Gasteiger partial charge >= 0.3 is 0 Å². The van der Waals surface area contributed by atoms with Crippen molar-refractivity contribution in [3.05, 3.63) is 59.7 Å². The summed E-state index contributed by atoms with van der Waals surface area (Å²) in [7, 11) is -4.58. The number of hydrogen-bond acceptors (Lipinski definition) is 3. The molecular weight excluding hydrogens is 352 g/mol. The van der Waals surface area contributed by atoms with Gasteiger partial charge in [0.1, 0.15) is 10.7 Å². The van der Waals surface area contributed by atoms with E-state index in [1.807, 2.05) is 0 Å². The van der Waals surface area contributed by atoms with Crippen LogP contribution in [0.4, 0.5) is 23.2 Å². The third-order valence-electron chi connectivity index (χ3n) is 2.84. The highest BCUT2D eigenvalue weighted by atomic mass is 32.2. The summed E-state index contributed by atoms with van der Waals surface area (Å²) in [6, 6.07) is 5.64. The van der Waals surface area contributed by atoms with Crippen molar-refractivity contribution in [3.63, 3.8) is 0 Å². The van der Waals surface area contributed by atoms with Gasteiger partial charge in [-0.15, -0.1) is 0 Å². The fourth-order valence-corrected chi connectivity index (χ4v) is 2.74. The number of carbonyl (C=O) groups excluding carboxylic acids is 1. The van der Waals surface area contributed by atoms with E-state index in [-0.39, 0.29) is 5.69 Å². The lowest BCUT2D eigenvalue weighted by Gasteiger charge is -2.09. The molecule has 24 heavy (non-hydrogen) atoms. The molecule has 0 radical (unpaired) electrons. The first-order valence-corrected chi connectivity index (χ1v) is 7.87. The van der Waals surface area contributed by atoms with Gasteiger partial charge in [-0.25, -0.2) is 30.7 Å². The molecule has 2 aromatic carbocycles. The topological polar surface area (TPSA) is 75.3 Å². The van der Waals surface area contributed by atoms with Gasteiger partial charge in [0.25, 0.3) is 0 Å². The van der Waals surface area contributed by atoms with Gasteiger partial charge in [0.15, 0.2) is 17.5 Å². The SMILES string of the molecule is O=C(CNS(=O)(=O)c1ccc(F)c(F)c1F)Nc1ccc(F)cc1. The van der Waals surface area contributed by atoms with E-state index in [1.165, 1.54) is 12.1 Å². The number of benzene rings is 2. The van der Waals surface area contributed by atoms with E-state index in [9.17, 15) is 30.8 Å². The molecule has 2 N–H and O–H groups in total. The lowest BCUT2D eigenvalue weighted by Crippen LogP contribution is -2.33. The highest BCUT2D eigenvalue weighted by Gasteiger charge is 2.24. The second-order valence-electron chi connectivity index (χ2n) is 4.55. The average molecular weight is 362 g/mol. The first-order valence-electron chi connectivity index (χ1n) is 6.39. The van der Waals surface area contributed by atoms with E-state index in [2.05, 4.69) is 5.32 Å². The normalized spacial score (nSPS) is 11.3. The number of amides is 1. The first kappa shape index (κ1) is 17.9. The fraction of sp³-hybridized carbons (Fsp3) is 0.0714. The van der Waals surface area contributed by atoms with Crippen molar-refractivity contribution in [1.82, 2.24) is 4.72 Å². The smallest absolute Gasteiger partial charge is 0.244 e. The van der Waals surface area contributed by atoms with E-state index in [0.717, 1.165) is 12.1 Å². The van der Waals surface area contributed by atoms with Gasteiger partial charge in [-0.3, -0.25) is 4.79 Å². The molecule has 0 saturated heterocycles. The number of carbonyl (C=O) groups is 1. The molecule has 0 bridgehead atoms. The number of sulfonamides is 1. The molecule has 0 aromatic heterocycles. The van der Waals surface area contributed by atoms with Crippen LogP contribution in [-0.2, 0) is 14.8 Å². The molecule has 0 unspecified atom stereocenters. The van der Waals surface area contributed by atoms with Crippen molar-refractivity contribution in [3.8, 4) is 0 Å². The molecule has 0 atom stereocenters. The lowest BCUT2D eigenvalue weighted by molar-refractivity contribution is -0.115. The molecule has 2 rings (SSSR count). The zero-order valence-corrected chi connectivity index (χ0v) is 12.6. The van der Waals surface area contributed by atoms with Crippen LogP contribution >= 0.6 is 0 Å². The van der Waals surface area contributed by atoms with Crippen LogP contribution in [0.5, 0.6) is 0 Å². The molecule has 0 fully saturated rings. The summed E-state index contributed by atoms with van der Waals surface area (Å²) in [5, 5.41) is 2.27. The van der Waals surface area contributed by atoms with E-state index in [1.54, 1.807) is 4.72 Å². The van der Waals surface area contributed by atoms with Crippen LogP contribution in [0, 0.1) is 23.3 Å². The molecule has 0 aliphatic carbocycles. The summed E-state index contributed by atoms with van der Waals surface area (Å²) in [5.41, 5.74) is 0.208. The van der Waals surface area contributed by atoms with Gasteiger partial charge in [-0.05, 0) is 36.4 Å². The Morgan fingerprint density at radius 1 is 0.917 bits per heavy atom. The van der Waals surface area contributed by atoms with E-state index >= 15 is 0 Å². The maximum Gasteiger partial charge on any atom is 0.244 e. The maximum absolute atomic E-state index is 13.5. The number of rotatable bonds is 5. The van der Waals surface area contributed by atoms with Gasteiger partial charge < -0.3 is 5.32 Å². The Balaban J connectivity index is 2.06. The summed E-state index contributed by atoms with van der Waals surface area (Å²) < 4.78 is 77.6. The van der Waals surface area contributed by atoms with Crippen LogP contribution in [0.2, 0.25) is 0 Å². The minimum atomic E-state index is -4.58. The predicted octanol–water partition coefficient (Wildman–Crippen LogP) is 2.16. The third kappa shape index (κ3) is 4.09. The van der Waals surface area contributed by atoms with Crippen molar-refractivity contribution >= 4 is 21.6 Å². The zero-order valence-electron chi connectivity index (χ0n) is 11.8. The fourth-order valence-electron chi connectivity index (χ4n) is 1.69. The third-order valence-corrected chi connectivity index (χ3v) is 4.26. The molecule has 0 saturated carbocycles. The standard InChI is InChI=1S/C14H10F4N2O3S/c15-8-1-3-9(4-2-8)20-12(21)7-19-24(22,23)11-6-5-10(16)13(17)14(11)18/h1-6,19H,7H2,(H,20,21). The van der Waals surface area contributed by atoms with Crippen molar-refractivity contribution in [2.45, 2.75) is 4.90 Å². The number of anilines is 1. The zero-order chi connectivity index (χ0) is 17.9. The van der Waals surface area contributed by atoms with Gasteiger partial charge in [0.05, 0.1) is 6.54 Å². The summed E-state index contributed by atoms with van der Waals surface area (Å²) in [4.78, 5) is 10.5. The second kappa shape index (κ2) is 6.97. The highest BCUT2D eigenvalue weighted by Crippen LogP contribution is 2.19. The van der Waals surface area contributed by atoms with Crippen LogP contribution in [0.15, 0.2) is 41.3 Å². The summed E-state index contributed by atoms with van der Waals surface area (Å²) in [5.74, 6) is -6.72. The average Bonchev–Trinajstić information content (AvgIpc) is 2.53. The van der Waals surface area contributed by atoms with Crippen LogP contribution in [0.3, 0.4) is 0 Å². The molecular formula is C14H10F4N2O3S. The van der Waals surface area contributed by atoms with Gasteiger partial charge in [0, 0.05) is 5.69 Å². The minimum Gasteiger partial charge on any atom is -0.325 e. The largest absolute Gasteiger partial charge is 0.325 e. The van der Waals surface area contributed by atoms with Crippen LogP contribution in [0.25, 0.3) is 0 Å². The van der Waals surface area contributed by atoms with E-state index in [4.69, 9.17) is 0 Å². The van der Waals surface area contributed by atoms with Crippen LogP contribution < -0.4 is 10.0 Å². The Bertz CT molecular complexity index is 870. The monoisotopic (exact) mass is 362 g/mol. The Kier molecular flexibility index (Phi) is 5.20. The Hall–Kier alpha value is -2.46. The van der Waals surface area contributed by atoms with Crippen molar-refractivity contribution in [1.29, 1.82) is 0 Å². The molecule has 1 amide bonds. The van der Waals surface area contributed by atoms with Gasteiger partial charge in [-0.1, -0.05) is 0 Å². The van der Waals surface area contributed by atoms with Crippen molar-refractivity contribution in [2.24, 2.45) is 0 Å². The minimum absolute atomic E-state index is 0.208. The molecule has 2 aromatic rings. The summed E-state index contributed by atoms with van der Waals surface area (Å²) >= 11 is 0. The van der Waals surface area contributed by atoms with Gasteiger partial charge in [0.2, 0.25) is 15.9 Å². The Morgan fingerprint density at radius 3 is 2.17 bits per heavy atom. The molecule has 0 spiro atoms. The summed E-state index contributed by atoms with van der Waals surface area (Å²) in [6.07, 6.45) is 0. The molecule has 0 aliphatic heterocycles. The second-order valence-corrected chi connectivity index (χ2v) is 6.29. The molecule has 10 heteroatoms. The van der Waals surface area contributed by atoms with Crippen molar-refractivity contribution < 1.29 is 30.8 Å². The number of halogens is 4.